The van der Waals surface area contributed by atoms with E-state index >= 15 is 0 Å². The standard InChI is InChI=1S/C96H144Cl2F3N21O26S/c1-64(2)89(114-149(142,143)72-25-21-70(22-26-72)113-112-69-19-23-71(24-20-69)115(3)4)93(137)111-75(12-9-31-102-82(124)56-83(125)108-74-10-5-6-13-80(74)148-94-73(98)55-67(57-107-94)96(99,100)101)91(135)105-33-48-145-51-50-144-47-29-81(123)109-76(28-32-104-90(134)66-16-27-78(79(54-66)122(140)141)121-45-43-116(44-46-121)58-65-14-17-68(97)18-15-65)92(136)106-34-49-146-52-53-147-63-85(127)110-77(95(138)139)11-7-8-30-103-84(126)59-117-35-37-118(60-86(128)129)39-41-120(62-88(132)133)42-40-119(38-36-117)61-87(130)131/h5-6,10,13-18,27,54-55,57,64,69-72,75-77,81,89,92,106,109,114,123,136H,7-9,11-12,19-26,28-53,56,58-63H2,1-4H3,(H,102,124)(H,103,126)(H,104,134)(H,105,135)(H,108,125)(H,110,127)(H,111,137)(H,128,129)(H,130,131)(H,132,133)(H,138,139)/t69?,70?,71?,72?,75-,76-,77?,81+,89+,92+/m1/s1. The maximum Gasteiger partial charge on any atom is 0.417 e. The summed E-state index contributed by atoms with van der Waals surface area (Å²) in [5, 5.41) is 107. The number of pyridine rings is 1. The Kier molecular flexibility index (Phi) is 53.8. The fourth-order valence-electron chi connectivity index (χ4n) is 17.1. The molecule has 4 aliphatic rings. The minimum Gasteiger partial charge on any atom is -0.480 e. The molecule has 2 aliphatic carbocycles. The highest BCUT2D eigenvalue weighted by Crippen LogP contribution is 2.38. The fraction of sp³-hybridized carbons (Fsp3) is 0.646. The summed E-state index contributed by atoms with van der Waals surface area (Å²) >= 11 is 12.2. The van der Waals surface area contributed by atoms with E-state index in [9.17, 15) is 115 Å². The van der Waals surface area contributed by atoms with Gasteiger partial charge in [-0.2, -0.15) is 23.4 Å². The van der Waals surface area contributed by atoms with Crippen molar-refractivity contribution in [2.75, 3.05) is 215 Å². The number of hydrogen-bond acceptors (Lipinski definition) is 34. The number of aromatic nitrogens is 1. The van der Waals surface area contributed by atoms with Crippen LogP contribution in [-0.4, -0.2) is 408 Å². The van der Waals surface area contributed by atoms with Crippen LogP contribution in [0.15, 0.2) is 89.2 Å². The summed E-state index contributed by atoms with van der Waals surface area (Å²) in [5.74, 6) is -10.5. The summed E-state index contributed by atoms with van der Waals surface area (Å²) < 4.78 is 99.1. The maximum absolute atomic E-state index is 14.3. The number of carboxylic acids is 4. The van der Waals surface area contributed by atoms with E-state index in [1.807, 2.05) is 29.2 Å². The van der Waals surface area contributed by atoms with Gasteiger partial charge in [0.2, 0.25) is 51.3 Å². The zero-order chi connectivity index (χ0) is 109. The zero-order valence-electron chi connectivity index (χ0n) is 84.4. The second kappa shape index (κ2) is 64.9. The van der Waals surface area contributed by atoms with Crippen molar-refractivity contribution in [2.45, 2.75) is 189 Å². The van der Waals surface area contributed by atoms with Crippen LogP contribution in [0.3, 0.4) is 0 Å². The molecule has 47 nitrogen and oxygen atoms in total. The van der Waals surface area contributed by atoms with E-state index in [4.69, 9.17) is 46.9 Å². The largest absolute Gasteiger partial charge is 0.480 e. The van der Waals surface area contributed by atoms with Crippen molar-refractivity contribution < 1.29 is 134 Å². The number of azo groups is 1. The minimum atomic E-state index is -4.74. The predicted octanol–water partition coefficient (Wildman–Crippen LogP) is 3.63. The summed E-state index contributed by atoms with van der Waals surface area (Å²) in [5.41, 5.74) is 0.0275. The number of para-hydroxylation sites is 2. The minimum absolute atomic E-state index is 0.00661. The van der Waals surface area contributed by atoms with E-state index in [1.165, 1.54) is 42.5 Å². The molecule has 53 heteroatoms. The zero-order valence-corrected chi connectivity index (χ0v) is 86.8. The van der Waals surface area contributed by atoms with Crippen LogP contribution >= 0.6 is 23.2 Å². The van der Waals surface area contributed by atoms with Crippen molar-refractivity contribution in [2.24, 2.45) is 16.1 Å². The number of carboxylic acid groups (broad SMARTS) is 4. The summed E-state index contributed by atoms with van der Waals surface area (Å²) in [6.07, 6.45) is -1.89. The number of alkyl halides is 3. The topological polar surface area (TPSA) is 613 Å². The van der Waals surface area contributed by atoms with E-state index in [-0.39, 0.29) is 244 Å². The number of hydrogen-bond donors (Lipinski definition) is 16. The number of nitrogens with zero attached hydrogens (tertiary/aromatic N) is 11. The van der Waals surface area contributed by atoms with Crippen molar-refractivity contribution in [3.63, 3.8) is 0 Å². The van der Waals surface area contributed by atoms with Crippen LogP contribution in [0.2, 0.25) is 10.0 Å². The summed E-state index contributed by atoms with van der Waals surface area (Å²) in [6, 6.07) is 13.7. The average molecular weight is 2170 g/mol. The van der Waals surface area contributed by atoms with E-state index in [2.05, 4.69) is 91.7 Å². The van der Waals surface area contributed by atoms with Crippen LogP contribution in [0.25, 0.3) is 0 Å². The highest BCUT2D eigenvalue weighted by atomic mass is 35.5. The first-order valence-electron chi connectivity index (χ1n) is 50.0. The lowest BCUT2D eigenvalue weighted by atomic mass is 9.91. The van der Waals surface area contributed by atoms with Gasteiger partial charge in [0.05, 0.1) is 112 Å². The van der Waals surface area contributed by atoms with Gasteiger partial charge < -0.3 is 101 Å². The molecule has 2 aliphatic heterocycles. The van der Waals surface area contributed by atoms with Crippen LogP contribution in [0.1, 0.15) is 138 Å². The fourth-order valence-corrected chi connectivity index (χ4v) is 19.3. The van der Waals surface area contributed by atoms with Gasteiger partial charge in [-0.05, 0) is 158 Å². The Bertz CT molecular complexity index is 5040. The Hall–Kier alpha value is -10.7. The number of piperazine rings is 1. The number of halogens is 5. The van der Waals surface area contributed by atoms with Gasteiger partial charge in [0, 0.05) is 153 Å². The number of carbonyl (C=O) groups excluding carboxylic acids is 7. The van der Waals surface area contributed by atoms with Crippen LogP contribution in [0.5, 0.6) is 11.6 Å². The highest BCUT2D eigenvalue weighted by Gasteiger charge is 2.39. The second-order valence-electron chi connectivity index (χ2n) is 37.5. The van der Waals surface area contributed by atoms with E-state index < -0.39 is 164 Å². The van der Waals surface area contributed by atoms with Crippen molar-refractivity contribution >= 4 is 116 Å². The smallest absolute Gasteiger partial charge is 0.417 e. The predicted molar refractivity (Wildman–Crippen MR) is 541 cm³/mol. The van der Waals surface area contributed by atoms with Crippen molar-refractivity contribution in [3.8, 4) is 11.6 Å². The molecule has 830 valence electrons. The number of sulfonamides is 1. The normalized spacial score (nSPS) is 18.5. The molecule has 3 heterocycles. The van der Waals surface area contributed by atoms with Gasteiger partial charge in [-0.15, -0.1) is 0 Å². The molecule has 149 heavy (non-hydrogen) atoms. The number of nitro benzene ring substituents is 1. The lowest BCUT2D eigenvalue weighted by Crippen LogP contribution is -2.56. The Balaban J connectivity index is 0.795. The number of nitrogens with one attached hydrogen (secondary N) is 10. The van der Waals surface area contributed by atoms with Gasteiger partial charge in [-0.1, -0.05) is 61.3 Å². The van der Waals surface area contributed by atoms with Crippen LogP contribution < -0.4 is 62.2 Å². The van der Waals surface area contributed by atoms with Gasteiger partial charge in [0.15, 0.2) is 5.75 Å². The number of carbonyl (C=O) groups is 11. The Morgan fingerprint density at radius 2 is 1.13 bits per heavy atom. The molecule has 2 saturated heterocycles. The number of unbranched alkanes of at least 4 members (excludes halogenated alkanes) is 1. The molecule has 0 radical (unpaired) electrons. The quantitative estimate of drug-likeness (QED) is 0.00749. The molecule has 6 atom stereocenters. The monoisotopic (exact) mass is 2170 g/mol. The third-order valence-corrected chi connectivity index (χ3v) is 27.9. The number of anilines is 2. The molecule has 0 spiro atoms. The van der Waals surface area contributed by atoms with Crippen LogP contribution in [0, 0.1) is 16.0 Å². The van der Waals surface area contributed by atoms with Crippen molar-refractivity contribution in [1.82, 2.24) is 81.6 Å². The molecule has 8 rings (SSSR count). The number of aliphatic hydroxyl groups is 2. The Labute approximate surface area is 873 Å². The first-order chi connectivity index (χ1) is 71.0. The van der Waals surface area contributed by atoms with E-state index in [0.29, 0.717) is 81.0 Å². The first-order valence-corrected chi connectivity index (χ1v) is 52.4. The summed E-state index contributed by atoms with van der Waals surface area (Å²) in [7, 11) is 0.00721. The number of amides is 7. The number of benzene rings is 3. The third-order valence-electron chi connectivity index (χ3n) is 25.5. The van der Waals surface area contributed by atoms with Gasteiger partial charge in [-0.3, -0.25) is 93.2 Å². The molecule has 0 bridgehead atoms. The average Bonchev–Trinajstić information content (AvgIpc) is 0.838. The molecular weight excluding hydrogens is 2020 g/mol. The molecule has 3 aromatic carbocycles. The maximum atomic E-state index is 14.3. The third kappa shape index (κ3) is 46.6. The van der Waals surface area contributed by atoms with Gasteiger partial charge in [0.25, 0.3) is 11.6 Å². The van der Waals surface area contributed by atoms with Crippen LogP contribution in [-0.2, 0) is 89.6 Å². The van der Waals surface area contributed by atoms with E-state index in [1.54, 1.807) is 33.4 Å². The van der Waals surface area contributed by atoms with Crippen molar-refractivity contribution in [1.29, 1.82) is 0 Å². The Morgan fingerprint density at radius 1 is 0.577 bits per heavy atom. The molecule has 4 aromatic rings. The first kappa shape index (κ1) is 123. The molecular formula is C96H144Cl2F3N21O26S. The Morgan fingerprint density at radius 3 is 1.71 bits per heavy atom. The second-order valence-corrected chi connectivity index (χ2v) is 40.3. The molecule has 1 aromatic heterocycles. The number of nitro groups is 1. The molecule has 1 unspecified atom stereocenters. The molecule has 2 saturated carbocycles. The molecule has 7 amide bonds. The summed E-state index contributed by atoms with van der Waals surface area (Å²) in [6.45, 7) is 5.58. The lowest BCUT2D eigenvalue weighted by molar-refractivity contribution is -0.384. The number of aliphatic hydroxyl groups excluding tert-OH is 2. The van der Waals surface area contributed by atoms with Gasteiger partial charge in [0.1, 0.15) is 54.3 Å². The number of rotatable bonds is 63. The molecule has 4 fully saturated rings. The molecule has 16 N–H and O–H groups in total. The highest BCUT2D eigenvalue weighted by molar-refractivity contribution is 7.90. The SMILES string of the molecule is CC(C)[C@H](NS(=O)(=O)C1CCC(N=NC2CCC(N(C)C)CC2)CC1)C(=O)N[C@H](CCCNC(=O)CC(=O)Nc1ccccc1Oc1ncc(C(F)(F)F)cc1Cl)C(=O)NCCOCCOCC[C@H](O)N[C@H](CCNC(=O)c1ccc(N2CCN(Cc3ccc(Cl)cc3)CC2)c([N+](=O)[O-])c1)[C@H](O)NCCOCCOCC(=O)NC(CCCCNC(=O)CN1CCN(CC(=O)O)CCN(CC(=O)O)CCN(CC(=O)O)CC1)C(=O)O. The summed E-state index contributed by atoms with van der Waals surface area (Å²) in [4.78, 5) is 171. The van der Waals surface area contributed by atoms with Crippen molar-refractivity contribution in [3.05, 3.63) is 116 Å². The van der Waals surface area contributed by atoms with Gasteiger partial charge >= 0.3 is 30.1 Å². The van der Waals surface area contributed by atoms with Gasteiger partial charge in [-0.25, -0.2) is 22.9 Å². The lowest BCUT2D eigenvalue weighted by Gasteiger charge is -2.35. The van der Waals surface area contributed by atoms with E-state index in [0.717, 1.165) is 31.2 Å². The van der Waals surface area contributed by atoms with Crippen LogP contribution in [0.4, 0.5) is 30.2 Å². The number of aliphatic carboxylic acids is 4. The number of ether oxygens (including phenoxy) is 5.